The maximum absolute atomic E-state index is 5.96. The van der Waals surface area contributed by atoms with E-state index >= 15 is 0 Å². The highest BCUT2D eigenvalue weighted by Gasteiger charge is 2.56. The lowest BCUT2D eigenvalue weighted by Crippen LogP contribution is -2.37. The summed E-state index contributed by atoms with van der Waals surface area (Å²) in [5.41, 5.74) is 0. The van der Waals surface area contributed by atoms with Gasteiger partial charge in [0.15, 0.2) is 17.9 Å². The summed E-state index contributed by atoms with van der Waals surface area (Å²) >= 11 is 0. The van der Waals surface area contributed by atoms with Crippen LogP contribution in [0.3, 0.4) is 0 Å². The van der Waals surface area contributed by atoms with Crippen LogP contribution in [0.1, 0.15) is 34.6 Å². The summed E-state index contributed by atoms with van der Waals surface area (Å²) < 4.78 is 29.0. The molecule has 0 aromatic rings. The van der Waals surface area contributed by atoms with Crippen LogP contribution < -0.4 is 0 Å². The highest BCUT2D eigenvalue weighted by molar-refractivity contribution is 4.95. The van der Waals surface area contributed by atoms with Crippen LogP contribution in [-0.2, 0) is 23.7 Å². The molecule has 18 heavy (non-hydrogen) atoms. The fourth-order valence-electron chi connectivity index (χ4n) is 2.99. The Labute approximate surface area is 108 Å². The minimum atomic E-state index is -0.555. The van der Waals surface area contributed by atoms with E-state index in [0.717, 1.165) is 0 Å². The highest BCUT2D eigenvalue weighted by atomic mass is 16.8. The Morgan fingerprint density at radius 3 is 2.17 bits per heavy atom. The largest absolute Gasteiger partial charge is 0.348 e. The SMILES string of the molecule is C[C@H]1C(C2COC(C)(C)O2)OC2OC(C)(C)OC21. The molecular formula is C13H22O5. The van der Waals surface area contributed by atoms with Gasteiger partial charge in [0.1, 0.15) is 12.2 Å². The predicted octanol–water partition coefficient (Wildman–Crippen LogP) is 1.65. The van der Waals surface area contributed by atoms with Crippen molar-refractivity contribution in [3.05, 3.63) is 0 Å². The first-order chi connectivity index (χ1) is 8.27. The van der Waals surface area contributed by atoms with Crippen LogP contribution in [0.4, 0.5) is 0 Å². The molecule has 5 atom stereocenters. The normalized spacial score (nSPS) is 49.5. The third-order valence-electron chi connectivity index (χ3n) is 3.81. The number of hydrogen-bond acceptors (Lipinski definition) is 5. The molecule has 3 aliphatic rings. The minimum Gasteiger partial charge on any atom is -0.348 e. The molecular weight excluding hydrogens is 236 g/mol. The molecule has 5 nitrogen and oxygen atoms in total. The van der Waals surface area contributed by atoms with Crippen molar-refractivity contribution in [1.29, 1.82) is 0 Å². The van der Waals surface area contributed by atoms with Crippen molar-refractivity contribution in [1.82, 2.24) is 0 Å². The molecule has 0 N–H and O–H groups in total. The lowest BCUT2D eigenvalue weighted by atomic mass is 9.97. The lowest BCUT2D eigenvalue weighted by Gasteiger charge is -2.27. The Bertz CT molecular complexity index is 340. The van der Waals surface area contributed by atoms with E-state index in [1.165, 1.54) is 0 Å². The quantitative estimate of drug-likeness (QED) is 0.715. The number of ether oxygens (including phenoxy) is 5. The van der Waals surface area contributed by atoms with Crippen molar-refractivity contribution in [3.8, 4) is 0 Å². The second kappa shape index (κ2) is 3.90. The van der Waals surface area contributed by atoms with Crippen LogP contribution in [0.5, 0.6) is 0 Å². The van der Waals surface area contributed by atoms with Crippen LogP contribution in [0, 0.1) is 5.92 Å². The molecule has 3 rings (SSSR count). The van der Waals surface area contributed by atoms with Gasteiger partial charge >= 0.3 is 0 Å². The van der Waals surface area contributed by atoms with E-state index in [9.17, 15) is 0 Å². The van der Waals surface area contributed by atoms with Gasteiger partial charge in [-0.25, -0.2) is 0 Å². The first-order valence-corrected chi connectivity index (χ1v) is 6.60. The van der Waals surface area contributed by atoms with Gasteiger partial charge in [-0.15, -0.1) is 0 Å². The number of hydrogen-bond donors (Lipinski definition) is 0. The lowest BCUT2D eigenvalue weighted by molar-refractivity contribution is -0.226. The highest BCUT2D eigenvalue weighted by Crippen LogP contribution is 2.43. The van der Waals surface area contributed by atoms with Crippen molar-refractivity contribution in [3.63, 3.8) is 0 Å². The molecule has 0 aromatic heterocycles. The van der Waals surface area contributed by atoms with Gasteiger partial charge in [-0.2, -0.15) is 0 Å². The minimum absolute atomic E-state index is 0.0164. The summed E-state index contributed by atoms with van der Waals surface area (Å²) in [6.45, 7) is 10.3. The summed E-state index contributed by atoms with van der Waals surface area (Å²) in [5, 5.41) is 0. The molecule has 0 aromatic carbocycles. The van der Waals surface area contributed by atoms with Crippen LogP contribution in [0.2, 0.25) is 0 Å². The monoisotopic (exact) mass is 258 g/mol. The maximum Gasteiger partial charge on any atom is 0.187 e. The van der Waals surface area contributed by atoms with Gasteiger partial charge in [0, 0.05) is 5.92 Å². The van der Waals surface area contributed by atoms with Gasteiger partial charge in [0.05, 0.1) is 12.7 Å². The van der Waals surface area contributed by atoms with Gasteiger partial charge in [-0.1, -0.05) is 6.92 Å². The van der Waals surface area contributed by atoms with Crippen molar-refractivity contribution in [2.75, 3.05) is 6.61 Å². The fourth-order valence-corrected chi connectivity index (χ4v) is 2.99. The standard InChI is InChI=1S/C13H22O5/c1-7-9(8-6-14-12(2,3)16-8)15-11-10(7)17-13(4,5)18-11/h7-11H,6H2,1-5H3/t7-,8?,9?,10?,11?/m0/s1. The van der Waals surface area contributed by atoms with Crippen LogP contribution >= 0.6 is 0 Å². The van der Waals surface area contributed by atoms with Crippen LogP contribution in [0.25, 0.3) is 0 Å². The molecule has 0 aliphatic carbocycles. The molecule has 0 amide bonds. The van der Waals surface area contributed by atoms with Gasteiger partial charge < -0.3 is 23.7 Å². The van der Waals surface area contributed by atoms with Crippen LogP contribution in [0.15, 0.2) is 0 Å². The summed E-state index contributed by atoms with van der Waals surface area (Å²) in [6.07, 6.45) is -0.376. The fraction of sp³-hybridized carbons (Fsp3) is 1.00. The average Bonchev–Trinajstić information content (AvgIpc) is 2.81. The van der Waals surface area contributed by atoms with E-state index in [0.29, 0.717) is 6.61 Å². The van der Waals surface area contributed by atoms with E-state index < -0.39 is 11.6 Å². The summed E-state index contributed by atoms with van der Waals surface area (Å²) in [6, 6.07) is 0. The molecule has 0 radical (unpaired) electrons. The third kappa shape index (κ3) is 2.08. The second-order valence-corrected chi connectivity index (χ2v) is 6.30. The summed E-state index contributed by atoms with van der Waals surface area (Å²) in [5.74, 6) is -0.841. The van der Waals surface area contributed by atoms with Gasteiger partial charge in [-0.05, 0) is 27.7 Å². The topological polar surface area (TPSA) is 46.2 Å². The molecule has 5 heteroatoms. The van der Waals surface area contributed by atoms with E-state index in [4.69, 9.17) is 23.7 Å². The Kier molecular flexibility index (Phi) is 2.78. The molecule has 104 valence electrons. The van der Waals surface area contributed by atoms with Gasteiger partial charge in [-0.3, -0.25) is 0 Å². The third-order valence-corrected chi connectivity index (χ3v) is 3.81. The molecule has 0 spiro atoms. The van der Waals surface area contributed by atoms with Gasteiger partial charge in [0.25, 0.3) is 0 Å². The van der Waals surface area contributed by atoms with Crippen molar-refractivity contribution in [2.24, 2.45) is 5.92 Å². The zero-order valence-corrected chi connectivity index (χ0v) is 11.6. The maximum atomic E-state index is 5.96. The Hall–Kier alpha value is -0.200. The van der Waals surface area contributed by atoms with Crippen molar-refractivity contribution in [2.45, 2.75) is 70.8 Å². The zero-order chi connectivity index (χ0) is 13.1. The molecule has 4 unspecified atom stereocenters. The number of fused-ring (bicyclic) bond motifs is 1. The van der Waals surface area contributed by atoms with Crippen molar-refractivity contribution < 1.29 is 23.7 Å². The predicted molar refractivity (Wildman–Crippen MR) is 62.8 cm³/mol. The second-order valence-electron chi connectivity index (χ2n) is 6.30. The first-order valence-electron chi connectivity index (χ1n) is 6.60. The Morgan fingerprint density at radius 1 is 0.889 bits per heavy atom. The first kappa shape index (κ1) is 12.8. The Morgan fingerprint density at radius 2 is 1.61 bits per heavy atom. The van der Waals surface area contributed by atoms with E-state index in [1.807, 2.05) is 27.7 Å². The molecule has 3 heterocycles. The van der Waals surface area contributed by atoms with Crippen LogP contribution in [-0.4, -0.2) is 42.8 Å². The van der Waals surface area contributed by atoms with E-state index in [1.54, 1.807) is 0 Å². The summed E-state index contributed by atoms with van der Waals surface area (Å²) in [7, 11) is 0. The molecule has 0 saturated carbocycles. The molecule has 3 aliphatic heterocycles. The Balaban J connectivity index is 1.68. The molecule has 0 bridgehead atoms. The van der Waals surface area contributed by atoms with Gasteiger partial charge in [0.2, 0.25) is 0 Å². The smallest absolute Gasteiger partial charge is 0.187 e. The molecule has 3 fully saturated rings. The zero-order valence-electron chi connectivity index (χ0n) is 11.6. The molecule has 3 saturated heterocycles. The number of rotatable bonds is 1. The average molecular weight is 258 g/mol. The van der Waals surface area contributed by atoms with E-state index in [2.05, 4.69) is 6.92 Å². The van der Waals surface area contributed by atoms with E-state index in [-0.39, 0.29) is 30.5 Å². The summed E-state index contributed by atoms with van der Waals surface area (Å²) in [4.78, 5) is 0. The van der Waals surface area contributed by atoms with Crippen molar-refractivity contribution >= 4 is 0 Å².